The largest absolute Gasteiger partial charge is 0.399 e. The molecular weight excluding hydrogens is 320 g/mol. The summed E-state index contributed by atoms with van der Waals surface area (Å²) in [6.07, 6.45) is 0. The van der Waals surface area contributed by atoms with Crippen LogP contribution in [0.5, 0.6) is 0 Å². The van der Waals surface area contributed by atoms with E-state index in [1.807, 2.05) is 12.1 Å². The van der Waals surface area contributed by atoms with E-state index in [-0.39, 0.29) is 5.41 Å². The van der Waals surface area contributed by atoms with Gasteiger partial charge in [0.1, 0.15) is 0 Å². The predicted octanol–water partition coefficient (Wildman–Crippen LogP) is 4.16. The van der Waals surface area contributed by atoms with Gasteiger partial charge in [0.2, 0.25) is 0 Å². The second kappa shape index (κ2) is 6.07. The van der Waals surface area contributed by atoms with Crippen LogP contribution in [-0.2, 0) is 12.0 Å². The summed E-state index contributed by atoms with van der Waals surface area (Å²) in [4.78, 5) is 1.39. The van der Waals surface area contributed by atoms with Crippen molar-refractivity contribution in [3.8, 4) is 0 Å². The Balaban J connectivity index is 1.89. The summed E-state index contributed by atoms with van der Waals surface area (Å²) in [5.74, 6) is 0. The Bertz CT molecular complexity index is 531. The SMILES string of the molecule is CC(C)(CNCc1ccc(N)cc1)c1cc(Br)cs1. The molecule has 1 aromatic heterocycles. The van der Waals surface area contributed by atoms with Gasteiger partial charge < -0.3 is 11.1 Å². The van der Waals surface area contributed by atoms with Gasteiger partial charge >= 0.3 is 0 Å². The fraction of sp³-hybridized carbons (Fsp3) is 0.333. The highest BCUT2D eigenvalue weighted by Gasteiger charge is 2.21. The summed E-state index contributed by atoms with van der Waals surface area (Å²) in [5.41, 5.74) is 7.90. The first-order valence-corrected chi connectivity index (χ1v) is 7.94. The monoisotopic (exact) mass is 338 g/mol. The van der Waals surface area contributed by atoms with E-state index < -0.39 is 0 Å². The zero-order chi connectivity index (χ0) is 13.9. The van der Waals surface area contributed by atoms with Crippen molar-refractivity contribution in [2.45, 2.75) is 25.8 Å². The van der Waals surface area contributed by atoms with Crippen molar-refractivity contribution in [1.29, 1.82) is 0 Å². The van der Waals surface area contributed by atoms with Crippen LogP contribution in [0, 0.1) is 0 Å². The summed E-state index contributed by atoms with van der Waals surface area (Å²) in [5, 5.41) is 5.66. The smallest absolute Gasteiger partial charge is 0.0314 e. The van der Waals surface area contributed by atoms with Crippen molar-refractivity contribution >= 4 is 33.0 Å². The molecule has 2 rings (SSSR count). The number of anilines is 1. The lowest BCUT2D eigenvalue weighted by atomic mass is 9.91. The number of nitrogens with one attached hydrogen (secondary N) is 1. The maximum absolute atomic E-state index is 5.68. The Morgan fingerprint density at radius 3 is 2.53 bits per heavy atom. The van der Waals surface area contributed by atoms with Crippen LogP contribution in [0.2, 0.25) is 0 Å². The van der Waals surface area contributed by atoms with Gasteiger partial charge in [-0.2, -0.15) is 0 Å². The molecule has 3 N–H and O–H groups in total. The zero-order valence-corrected chi connectivity index (χ0v) is 13.6. The summed E-state index contributed by atoms with van der Waals surface area (Å²) in [6, 6.07) is 10.2. The second-order valence-corrected chi connectivity index (χ2v) is 7.19. The third-order valence-corrected chi connectivity index (χ3v) is 5.17. The normalized spacial score (nSPS) is 11.7. The molecule has 0 aliphatic carbocycles. The molecule has 0 aliphatic rings. The number of nitrogen functional groups attached to an aromatic ring is 1. The van der Waals surface area contributed by atoms with E-state index in [2.05, 4.69) is 58.7 Å². The molecule has 2 aromatic rings. The standard InChI is InChI=1S/C15H19BrN2S/c1-15(2,14-7-12(16)9-19-14)10-18-8-11-3-5-13(17)6-4-11/h3-7,9,18H,8,10,17H2,1-2H3. The maximum atomic E-state index is 5.68. The average Bonchev–Trinajstić information content (AvgIpc) is 2.79. The van der Waals surface area contributed by atoms with Gasteiger partial charge in [-0.1, -0.05) is 26.0 Å². The topological polar surface area (TPSA) is 38.0 Å². The average molecular weight is 339 g/mol. The first kappa shape index (κ1) is 14.6. The molecule has 0 saturated carbocycles. The highest BCUT2D eigenvalue weighted by molar-refractivity contribution is 9.10. The lowest BCUT2D eigenvalue weighted by molar-refractivity contribution is 0.476. The van der Waals surface area contributed by atoms with E-state index in [9.17, 15) is 0 Å². The van der Waals surface area contributed by atoms with E-state index in [1.54, 1.807) is 11.3 Å². The van der Waals surface area contributed by atoms with Crippen LogP contribution in [0.15, 0.2) is 40.2 Å². The van der Waals surface area contributed by atoms with Crippen molar-refractivity contribution < 1.29 is 0 Å². The molecule has 102 valence electrons. The van der Waals surface area contributed by atoms with E-state index in [0.29, 0.717) is 0 Å². The molecule has 0 saturated heterocycles. The van der Waals surface area contributed by atoms with Gasteiger partial charge in [-0.25, -0.2) is 0 Å². The minimum absolute atomic E-state index is 0.143. The molecule has 1 aromatic carbocycles. The predicted molar refractivity (Wildman–Crippen MR) is 87.6 cm³/mol. The van der Waals surface area contributed by atoms with E-state index in [1.165, 1.54) is 14.9 Å². The quantitative estimate of drug-likeness (QED) is 0.803. The molecule has 0 atom stereocenters. The van der Waals surface area contributed by atoms with Crippen molar-refractivity contribution in [2.24, 2.45) is 0 Å². The van der Waals surface area contributed by atoms with Crippen LogP contribution < -0.4 is 11.1 Å². The summed E-state index contributed by atoms with van der Waals surface area (Å²) >= 11 is 5.32. The first-order chi connectivity index (χ1) is 8.97. The van der Waals surface area contributed by atoms with Gasteiger partial charge in [0.05, 0.1) is 0 Å². The van der Waals surface area contributed by atoms with Gasteiger partial charge in [0.15, 0.2) is 0 Å². The molecule has 2 nitrogen and oxygen atoms in total. The summed E-state index contributed by atoms with van der Waals surface area (Å²) in [7, 11) is 0. The Morgan fingerprint density at radius 1 is 1.26 bits per heavy atom. The van der Waals surface area contributed by atoms with Crippen molar-refractivity contribution in [2.75, 3.05) is 12.3 Å². The third-order valence-electron chi connectivity index (χ3n) is 3.11. The number of thiophene rings is 1. The van der Waals surface area contributed by atoms with Crippen LogP contribution in [0.25, 0.3) is 0 Å². The molecule has 0 radical (unpaired) electrons. The van der Waals surface area contributed by atoms with Crippen LogP contribution in [0.3, 0.4) is 0 Å². The highest BCUT2D eigenvalue weighted by Crippen LogP contribution is 2.31. The van der Waals surface area contributed by atoms with E-state index in [0.717, 1.165) is 18.8 Å². The van der Waals surface area contributed by atoms with Crippen LogP contribution in [-0.4, -0.2) is 6.54 Å². The van der Waals surface area contributed by atoms with Crippen LogP contribution >= 0.6 is 27.3 Å². The maximum Gasteiger partial charge on any atom is 0.0314 e. The molecule has 0 bridgehead atoms. The minimum atomic E-state index is 0.143. The summed E-state index contributed by atoms with van der Waals surface area (Å²) in [6.45, 7) is 6.35. The van der Waals surface area contributed by atoms with Gasteiger partial charge in [-0.05, 0) is 39.7 Å². The van der Waals surface area contributed by atoms with Crippen LogP contribution in [0.4, 0.5) is 5.69 Å². The van der Waals surface area contributed by atoms with Crippen molar-refractivity contribution in [3.63, 3.8) is 0 Å². The van der Waals surface area contributed by atoms with E-state index >= 15 is 0 Å². The number of hydrogen-bond acceptors (Lipinski definition) is 3. The van der Waals surface area contributed by atoms with Crippen molar-refractivity contribution in [3.05, 3.63) is 50.6 Å². The van der Waals surface area contributed by atoms with Gasteiger partial charge in [0.25, 0.3) is 0 Å². The fourth-order valence-electron chi connectivity index (χ4n) is 1.91. The Kier molecular flexibility index (Phi) is 4.66. The molecule has 19 heavy (non-hydrogen) atoms. The molecule has 0 fully saturated rings. The van der Waals surface area contributed by atoms with Gasteiger partial charge in [-0.15, -0.1) is 11.3 Å². The minimum Gasteiger partial charge on any atom is -0.399 e. The molecule has 0 spiro atoms. The number of nitrogens with two attached hydrogens (primary N) is 1. The molecule has 0 aliphatic heterocycles. The highest BCUT2D eigenvalue weighted by atomic mass is 79.9. The molecule has 0 unspecified atom stereocenters. The van der Waals surface area contributed by atoms with Gasteiger partial charge in [0, 0.05) is 38.9 Å². The lowest BCUT2D eigenvalue weighted by Gasteiger charge is -2.23. The first-order valence-electron chi connectivity index (χ1n) is 6.27. The third kappa shape index (κ3) is 4.06. The summed E-state index contributed by atoms with van der Waals surface area (Å²) < 4.78 is 1.17. The number of rotatable bonds is 5. The number of benzene rings is 1. The van der Waals surface area contributed by atoms with E-state index in [4.69, 9.17) is 5.73 Å². The van der Waals surface area contributed by atoms with Crippen molar-refractivity contribution in [1.82, 2.24) is 5.32 Å². The molecular formula is C15H19BrN2S. The number of halogens is 1. The Morgan fingerprint density at radius 2 is 1.95 bits per heavy atom. The fourth-order valence-corrected chi connectivity index (χ4v) is 3.46. The molecule has 0 amide bonds. The second-order valence-electron chi connectivity index (χ2n) is 5.36. The molecule has 1 heterocycles. The Labute approximate surface area is 127 Å². The molecule has 4 heteroatoms. The number of hydrogen-bond donors (Lipinski definition) is 2. The van der Waals surface area contributed by atoms with Gasteiger partial charge in [-0.3, -0.25) is 0 Å². The lowest BCUT2D eigenvalue weighted by Crippen LogP contribution is -2.31. The Hall–Kier alpha value is -0.840. The zero-order valence-electron chi connectivity index (χ0n) is 11.2. The van der Waals surface area contributed by atoms with Crippen LogP contribution in [0.1, 0.15) is 24.3 Å².